The van der Waals surface area contributed by atoms with Crippen LogP contribution in [0.3, 0.4) is 0 Å². The largest absolute Gasteiger partial charge is 0.377 e. The van der Waals surface area contributed by atoms with Gasteiger partial charge in [-0.3, -0.25) is 9.79 Å². The predicted molar refractivity (Wildman–Crippen MR) is 94.9 cm³/mol. The molecule has 1 aliphatic carbocycles. The number of likely N-dealkylation sites (tertiary alicyclic amines) is 1. The van der Waals surface area contributed by atoms with Crippen molar-refractivity contribution in [2.24, 2.45) is 16.3 Å². The Hall–Kier alpha value is -1.30. The third-order valence-corrected chi connectivity index (χ3v) is 6.13. The smallest absolute Gasteiger partial charge is 0.219 e. The summed E-state index contributed by atoms with van der Waals surface area (Å²) in [5, 5.41) is 7.21. The van der Waals surface area contributed by atoms with E-state index in [4.69, 9.17) is 4.74 Å². The average Bonchev–Trinajstić information content (AvgIpc) is 2.58. The first-order chi connectivity index (χ1) is 11.4. The van der Waals surface area contributed by atoms with E-state index in [-0.39, 0.29) is 11.3 Å². The van der Waals surface area contributed by atoms with Gasteiger partial charge in [-0.1, -0.05) is 13.8 Å². The van der Waals surface area contributed by atoms with Crippen LogP contribution in [-0.2, 0) is 9.53 Å². The summed E-state index contributed by atoms with van der Waals surface area (Å²) in [6, 6.07) is 0.791. The van der Waals surface area contributed by atoms with Crippen LogP contribution in [-0.4, -0.2) is 61.7 Å². The van der Waals surface area contributed by atoms with Crippen molar-refractivity contribution in [3.8, 4) is 0 Å². The minimum absolute atomic E-state index is 0.140. The second-order valence-corrected chi connectivity index (χ2v) is 8.04. The topological polar surface area (TPSA) is 66.0 Å². The molecule has 3 aliphatic rings. The van der Waals surface area contributed by atoms with Crippen LogP contribution in [0, 0.1) is 11.3 Å². The number of nitrogens with zero attached hydrogens (tertiary/aromatic N) is 2. The Labute approximate surface area is 145 Å². The van der Waals surface area contributed by atoms with Gasteiger partial charge in [-0.05, 0) is 25.7 Å². The van der Waals surface area contributed by atoms with Gasteiger partial charge in [0.05, 0.1) is 6.10 Å². The minimum Gasteiger partial charge on any atom is -0.377 e. The maximum atomic E-state index is 11.4. The molecule has 3 rings (SSSR count). The highest BCUT2D eigenvalue weighted by Crippen LogP contribution is 2.51. The number of hydrogen-bond donors (Lipinski definition) is 2. The maximum absolute atomic E-state index is 11.4. The molecular formula is C18H32N4O2. The lowest BCUT2D eigenvalue weighted by Gasteiger charge is -2.60. The predicted octanol–water partition coefficient (Wildman–Crippen LogP) is 1.37. The first kappa shape index (κ1) is 17.5. The Morgan fingerprint density at radius 3 is 2.54 bits per heavy atom. The summed E-state index contributed by atoms with van der Waals surface area (Å²) >= 11 is 0. The van der Waals surface area contributed by atoms with Crippen molar-refractivity contribution in [2.75, 3.05) is 26.7 Å². The third-order valence-electron chi connectivity index (χ3n) is 6.13. The van der Waals surface area contributed by atoms with E-state index in [0.29, 0.717) is 24.1 Å². The fourth-order valence-electron chi connectivity index (χ4n) is 4.67. The Kier molecular flexibility index (Phi) is 5.04. The molecule has 0 bridgehead atoms. The summed E-state index contributed by atoms with van der Waals surface area (Å²) in [7, 11) is 1.83. The zero-order valence-electron chi connectivity index (χ0n) is 15.5. The third kappa shape index (κ3) is 3.25. The van der Waals surface area contributed by atoms with Crippen molar-refractivity contribution < 1.29 is 9.53 Å². The van der Waals surface area contributed by atoms with E-state index in [2.05, 4.69) is 29.5 Å². The van der Waals surface area contributed by atoms with Gasteiger partial charge in [0.1, 0.15) is 0 Å². The molecule has 0 aromatic heterocycles. The molecule has 1 saturated carbocycles. The van der Waals surface area contributed by atoms with Crippen molar-refractivity contribution in [1.29, 1.82) is 0 Å². The first-order valence-corrected chi connectivity index (χ1v) is 9.30. The van der Waals surface area contributed by atoms with Gasteiger partial charge in [-0.25, -0.2) is 0 Å². The second kappa shape index (κ2) is 6.90. The molecule has 0 aromatic rings. The van der Waals surface area contributed by atoms with E-state index < -0.39 is 0 Å². The SMILES string of the molecule is CN=C(NC1CCN(C(C)=O)CC1)NC1C2CCCOC2C1(C)C. The number of nitrogens with one attached hydrogen (secondary N) is 2. The Balaban J connectivity index is 1.53. The van der Waals surface area contributed by atoms with Gasteiger partial charge in [-0.15, -0.1) is 0 Å². The van der Waals surface area contributed by atoms with E-state index in [9.17, 15) is 4.79 Å². The summed E-state index contributed by atoms with van der Waals surface area (Å²) in [6.45, 7) is 8.79. The van der Waals surface area contributed by atoms with Crippen LogP contribution in [0.2, 0.25) is 0 Å². The number of hydrogen-bond acceptors (Lipinski definition) is 3. The minimum atomic E-state index is 0.140. The molecule has 0 aromatic carbocycles. The number of carbonyl (C=O) groups is 1. The Bertz CT molecular complexity index is 497. The number of guanidine groups is 1. The lowest BCUT2D eigenvalue weighted by molar-refractivity contribution is -0.188. The van der Waals surface area contributed by atoms with Crippen molar-refractivity contribution in [3.63, 3.8) is 0 Å². The molecule has 24 heavy (non-hydrogen) atoms. The molecule has 2 N–H and O–H groups in total. The number of fused-ring (bicyclic) bond motifs is 1. The van der Waals surface area contributed by atoms with Crippen LogP contribution in [0.15, 0.2) is 4.99 Å². The van der Waals surface area contributed by atoms with Crippen molar-refractivity contribution in [3.05, 3.63) is 0 Å². The molecule has 0 radical (unpaired) electrons. The molecule has 3 atom stereocenters. The normalized spacial score (nSPS) is 33.4. The molecule has 6 nitrogen and oxygen atoms in total. The van der Waals surface area contributed by atoms with Crippen LogP contribution in [0.25, 0.3) is 0 Å². The van der Waals surface area contributed by atoms with E-state index in [1.165, 1.54) is 6.42 Å². The van der Waals surface area contributed by atoms with Crippen molar-refractivity contribution in [2.45, 2.75) is 64.6 Å². The van der Waals surface area contributed by atoms with E-state index in [0.717, 1.165) is 44.9 Å². The molecule has 3 unspecified atom stereocenters. The second-order valence-electron chi connectivity index (χ2n) is 8.04. The van der Waals surface area contributed by atoms with Crippen LogP contribution in [0.1, 0.15) is 46.5 Å². The zero-order chi connectivity index (χ0) is 17.3. The number of amides is 1. The number of carbonyl (C=O) groups excluding carboxylic acids is 1. The molecule has 6 heteroatoms. The van der Waals surface area contributed by atoms with Crippen LogP contribution >= 0.6 is 0 Å². The van der Waals surface area contributed by atoms with Gasteiger partial charge in [0.25, 0.3) is 0 Å². The average molecular weight is 336 g/mol. The van der Waals surface area contributed by atoms with Crippen LogP contribution in [0.4, 0.5) is 0 Å². The number of aliphatic imine (C=N–C) groups is 1. The van der Waals surface area contributed by atoms with Crippen molar-refractivity contribution >= 4 is 11.9 Å². The molecule has 2 heterocycles. The van der Waals surface area contributed by atoms with E-state index >= 15 is 0 Å². The number of piperidine rings is 1. The number of rotatable bonds is 2. The summed E-state index contributed by atoms with van der Waals surface area (Å²) in [5.74, 6) is 1.65. The molecule has 2 saturated heterocycles. The van der Waals surface area contributed by atoms with Gasteiger partial charge in [-0.2, -0.15) is 0 Å². The van der Waals surface area contributed by atoms with Crippen molar-refractivity contribution in [1.82, 2.24) is 15.5 Å². The van der Waals surface area contributed by atoms with Gasteiger partial charge in [0.15, 0.2) is 5.96 Å². The van der Waals surface area contributed by atoms with E-state index in [1.54, 1.807) is 6.92 Å². The highest BCUT2D eigenvalue weighted by molar-refractivity contribution is 5.80. The van der Waals surface area contributed by atoms with Gasteiger partial charge in [0, 0.05) is 57.1 Å². The summed E-state index contributed by atoms with van der Waals surface area (Å²) < 4.78 is 5.98. The van der Waals surface area contributed by atoms with Crippen LogP contribution < -0.4 is 10.6 Å². The molecule has 1 amide bonds. The van der Waals surface area contributed by atoms with E-state index in [1.807, 2.05) is 11.9 Å². The fourth-order valence-corrected chi connectivity index (χ4v) is 4.67. The highest BCUT2D eigenvalue weighted by atomic mass is 16.5. The van der Waals surface area contributed by atoms with Gasteiger partial charge in [0.2, 0.25) is 5.91 Å². The molecule has 2 aliphatic heterocycles. The lowest BCUT2D eigenvalue weighted by atomic mass is 9.55. The Morgan fingerprint density at radius 1 is 1.21 bits per heavy atom. The summed E-state index contributed by atoms with van der Waals surface area (Å²) in [5.41, 5.74) is 0.140. The fraction of sp³-hybridized carbons (Fsp3) is 0.889. The molecule has 3 fully saturated rings. The number of ether oxygens (including phenoxy) is 1. The molecular weight excluding hydrogens is 304 g/mol. The molecule has 136 valence electrons. The first-order valence-electron chi connectivity index (χ1n) is 9.30. The summed E-state index contributed by atoms with van der Waals surface area (Å²) in [6.07, 6.45) is 4.72. The zero-order valence-corrected chi connectivity index (χ0v) is 15.5. The highest BCUT2D eigenvalue weighted by Gasteiger charge is 2.58. The quantitative estimate of drug-likeness (QED) is 0.590. The van der Waals surface area contributed by atoms with Crippen LogP contribution in [0.5, 0.6) is 0 Å². The summed E-state index contributed by atoms with van der Waals surface area (Å²) in [4.78, 5) is 17.8. The monoisotopic (exact) mass is 336 g/mol. The molecule has 0 spiro atoms. The Morgan fingerprint density at radius 2 is 1.92 bits per heavy atom. The standard InChI is InChI=1S/C18H32N4O2/c1-12(23)22-9-7-13(8-10-22)20-17(19-4)21-15-14-6-5-11-24-16(14)18(15,2)3/h13-16H,5-11H2,1-4H3,(H2,19,20,21). The van der Waals surface area contributed by atoms with Gasteiger partial charge < -0.3 is 20.3 Å². The van der Waals surface area contributed by atoms with Gasteiger partial charge >= 0.3 is 0 Å². The lowest BCUT2D eigenvalue weighted by Crippen LogP contribution is -2.71. The maximum Gasteiger partial charge on any atom is 0.219 e.